The summed E-state index contributed by atoms with van der Waals surface area (Å²) in [5.41, 5.74) is 4.32. The molecule has 1 aromatic carbocycles. The fourth-order valence-corrected chi connectivity index (χ4v) is 4.32. The van der Waals surface area contributed by atoms with Crippen molar-refractivity contribution in [2.24, 2.45) is 0 Å². The molecule has 0 unspecified atom stereocenters. The average molecular weight is 510 g/mol. The van der Waals surface area contributed by atoms with E-state index in [1.165, 1.54) is 6.08 Å². The van der Waals surface area contributed by atoms with Gasteiger partial charge in [0.1, 0.15) is 29.6 Å². The van der Waals surface area contributed by atoms with Gasteiger partial charge in [-0.15, -0.1) is 10.2 Å². The Labute approximate surface area is 217 Å². The molecule has 0 atom stereocenters. The number of aromatic nitrogens is 6. The van der Waals surface area contributed by atoms with Gasteiger partial charge in [-0.1, -0.05) is 0 Å². The molecule has 11 nitrogen and oxygen atoms in total. The van der Waals surface area contributed by atoms with Crippen LogP contribution in [0.5, 0.6) is 5.75 Å². The number of fused-ring (bicyclic) bond motifs is 1. The number of furan rings is 1. The number of benzene rings is 1. The van der Waals surface area contributed by atoms with E-state index in [0.717, 1.165) is 16.7 Å². The topological polar surface area (TPSA) is 136 Å². The first-order valence-electron chi connectivity index (χ1n) is 12.0. The third kappa shape index (κ3) is 4.81. The van der Waals surface area contributed by atoms with Gasteiger partial charge in [0.05, 0.1) is 11.8 Å². The van der Waals surface area contributed by atoms with Crippen LogP contribution in [0.25, 0.3) is 28.9 Å². The quantitative estimate of drug-likeness (QED) is 0.323. The molecule has 38 heavy (non-hydrogen) atoms. The Kier molecular flexibility index (Phi) is 6.22. The zero-order valence-electron chi connectivity index (χ0n) is 20.5. The van der Waals surface area contributed by atoms with Gasteiger partial charge in [0.25, 0.3) is 0 Å². The largest absolute Gasteiger partial charge is 0.486 e. The highest BCUT2D eigenvalue weighted by Crippen LogP contribution is 2.34. The predicted molar refractivity (Wildman–Crippen MR) is 135 cm³/mol. The molecule has 1 aliphatic heterocycles. The highest BCUT2D eigenvalue weighted by Gasteiger charge is 2.24. The molecule has 11 heteroatoms. The molecule has 0 saturated carbocycles. The number of nitrogens with zero attached hydrogens (tertiary/aromatic N) is 6. The van der Waals surface area contributed by atoms with Gasteiger partial charge in [-0.25, -0.2) is 4.98 Å². The van der Waals surface area contributed by atoms with Gasteiger partial charge < -0.3 is 18.5 Å². The normalized spacial score (nSPS) is 13.1. The maximum atomic E-state index is 12.8. The van der Waals surface area contributed by atoms with E-state index in [0.29, 0.717) is 59.8 Å². The number of amides is 1. The van der Waals surface area contributed by atoms with E-state index in [1.54, 1.807) is 41.8 Å². The van der Waals surface area contributed by atoms with Crippen LogP contribution in [0.2, 0.25) is 0 Å². The Morgan fingerprint density at radius 3 is 2.89 bits per heavy atom. The second-order valence-electron chi connectivity index (χ2n) is 8.76. The van der Waals surface area contributed by atoms with E-state index < -0.39 is 0 Å². The summed E-state index contributed by atoms with van der Waals surface area (Å²) in [5.74, 6) is 2.71. The number of hydrogen-bond acceptors (Lipinski definition) is 9. The molecule has 6 rings (SSSR count). The molecule has 0 saturated heterocycles. The summed E-state index contributed by atoms with van der Waals surface area (Å²) in [6.45, 7) is 3.08. The van der Waals surface area contributed by atoms with E-state index in [4.69, 9.17) is 13.6 Å². The van der Waals surface area contributed by atoms with Crippen LogP contribution >= 0.6 is 0 Å². The zero-order valence-corrected chi connectivity index (χ0v) is 20.5. The number of oxazole rings is 1. The number of aromatic amines is 1. The van der Waals surface area contributed by atoms with Crippen LogP contribution in [0.4, 0.5) is 0 Å². The molecule has 1 amide bonds. The highest BCUT2D eigenvalue weighted by atomic mass is 16.5. The number of tetrazole rings is 1. The van der Waals surface area contributed by atoms with E-state index in [2.05, 4.69) is 30.6 Å². The maximum Gasteiger partial charge on any atom is 0.246 e. The monoisotopic (exact) mass is 509 g/mol. The Morgan fingerprint density at radius 2 is 2.11 bits per heavy atom. The molecule has 1 aliphatic rings. The lowest BCUT2D eigenvalue weighted by Crippen LogP contribution is -2.34. The van der Waals surface area contributed by atoms with Crippen molar-refractivity contribution in [3.63, 3.8) is 0 Å². The molecular weight excluding hydrogens is 486 g/mol. The molecule has 190 valence electrons. The van der Waals surface area contributed by atoms with Gasteiger partial charge in [0.2, 0.25) is 17.6 Å². The van der Waals surface area contributed by atoms with Gasteiger partial charge in [-0.2, -0.15) is 5.21 Å². The number of rotatable bonds is 7. The lowest BCUT2D eigenvalue weighted by Gasteiger charge is -2.29. The van der Waals surface area contributed by atoms with Crippen LogP contribution in [0.3, 0.4) is 0 Å². The van der Waals surface area contributed by atoms with Gasteiger partial charge in [0, 0.05) is 37.1 Å². The van der Waals surface area contributed by atoms with Crippen molar-refractivity contribution in [3.05, 3.63) is 89.5 Å². The highest BCUT2D eigenvalue weighted by molar-refractivity contribution is 5.91. The van der Waals surface area contributed by atoms with E-state index >= 15 is 0 Å². The summed E-state index contributed by atoms with van der Waals surface area (Å²) in [6, 6.07) is 11.2. The molecular formula is C27H23N7O4. The average Bonchev–Trinajstić information content (AvgIpc) is 3.73. The van der Waals surface area contributed by atoms with Gasteiger partial charge in [-0.3, -0.25) is 9.78 Å². The van der Waals surface area contributed by atoms with Crippen molar-refractivity contribution < 1.29 is 18.4 Å². The van der Waals surface area contributed by atoms with Gasteiger partial charge in [-0.05, 0) is 72.2 Å². The van der Waals surface area contributed by atoms with Gasteiger partial charge in [0.15, 0.2) is 0 Å². The van der Waals surface area contributed by atoms with Crippen LogP contribution in [0.15, 0.2) is 70.0 Å². The van der Waals surface area contributed by atoms with Crippen molar-refractivity contribution in [2.75, 3.05) is 6.54 Å². The summed E-state index contributed by atoms with van der Waals surface area (Å²) >= 11 is 0. The number of hydrogen-bond donors (Lipinski definition) is 1. The summed E-state index contributed by atoms with van der Waals surface area (Å²) in [7, 11) is 0. The number of nitrogens with one attached hydrogen (secondary N) is 1. The second-order valence-corrected chi connectivity index (χ2v) is 8.76. The minimum Gasteiger partial charge on any atom is -0.486 e. The summed E-state index contributed by atoms with van der Waals surface area (Å²) in [6.07, 6.45) is 8.85. The first-order valence-corrected chi connectivity index (χ1v) is 12.0. The molecule has 0 radical (unpaired) electrons. The number of pyridine rings is 1. The second kappa shape index (κ2) is 10.1. The van der Waals surface area contributed by atoms with Crippen molar-refractivity contribution in [1.82, 2.24) is 35.5 Å². The van der Waals surface area contributed by atoms with Crippen LogP contribution < -0.4 is 4.74 Å². The lowest BCUT2D eigenvalue weighted by atomic mass is 9.96. The number of aryl methyl sites for hydroxylation is 1. The fourth-order valence-electron chi connectivity index (χ4n) is 4.32. The van der Waals surface area contributed by atoms with Crippen molar-refractivity contribution in [1.29, 1.82) is 0 Å². The summed E-state index contributed by atoms with van der Waals surface area (Å²) < 4.78 is 17.4. The molecule has 0 spiro atoms. The van der Waals surface area contributed by atoms with Crippen LogP contribution in [0.1, 0.15) is 28.3 Å². The maximum absolute atomic E-state index is 12.8. The van der Waals surface area contributed by atoms with Crippen molar-refractivity contribution in [2.45, 2.75) is 26.5 Å². The molecule has 0 bridgehead atoms. The minimum absolute atomic E-state index is 0.0846. The fraction of sp³-hybridized carbons (Fsp3) is 0.185. The minimum atomic E-state index is -0.0846. The third-order valence-corrected chi connectivity index (χ3v) is 6.33. The number of H-pyrrole nitrogens is 1. The van der Waals surface area contributed by atoms with E-state index in [9.17, 15) is 4.79 Å². The zero-order chi connectivity index (χ0) is 25.9. The first-order chi connectivity index (χ1) is 18.6. The van der Waals surface area contributed by atoms with Crippen molar-refractivity contribution >= 4 is 12.0 Å². The lowest BCUT2D eigenvalue weighted by molar-refractivity contribution is -0.126. The van der Waals surface area contributed by atoms with E-state index in [1.807, 2.05) is 31.2 Å². The number of carbonyl (C=O) groups is 1. The Morgan fingerprint density at radius 1 is 1.21 bits per heavy atom. The molecule has 1 N–H and O–H groups in total. The van der Waals surface area contributed by atoms with Crippen molar-refractivity contribution in [3.8, 4) is 28.6 Å². The smallest absolute Gasteiger partial charge is 0.246 e. The molecule has 0 fully saturated rings. The number of carbonyl (C=O) groups excluding carboxylic acids is 1. The SMILES string of the molecule is Cc1oc(-c2ccncc2)nc1COc1cc2c(cc1-c1nn[nH]n1)CCN(C(=O)/C=C/c1ccco1)C2. The molecule has 0 aliphatic carbocycles. The first kappa shape index (κ1) is 23.3. The standard InChI is InChI=1S/C27H23N7O4/c1-17-23(29-27(38-17)18-6-9-28-10-7-18)16-37-24-14-20-15-34(25(35)5-4-21-3-2-12-36-21)11-8-19(20)13-22(24)26-30-32-33-31-26/h2-7,9-10,12-14H,8,11,15-16H2,1H3,(H,30,31,32,33)/b5-4+. The predicted octanol–water partition coefficient (Wildman–Crippen LogP) is 4.00. The van der Waals surface area contributed by atoms with E-state index in [-0.39, 0.29) is 12.5 Å². The third-order valence-electron chi connectivity index (χ3n) is 6.33. The molecule has 5 aromatic rings. The Bertz CT molecular complexity index is 1580. The summed E-state index contributed by atoms with van der Waals surface area (Å²) in [4.78, 5) is 23.3. The molecule has 5 heterocycles. The van der Waals surface area contributed by atoms with Gasteiger partial charge >= 0.3 is 0 Å². The number of ether oxygens (including phenoxy) is 1. The molecule has 4 aromatic heterocycles. The van der Waals surface area contributed by atoms with Crippen LogP contribution in [0, 0.1) is 6.92 Å². The Hall–Kier alpha value is -5.06. The van der Waals surface area contributed by atoms with Crippen LogP contribution in [-0.4, -0.2) is 47.9 Å². The Balaban J connectivity index is 1.25. The van der Waals surface area contributed by atoms with Crippen LogP contribution in [-0.2, 0) is 24.4 Å². The summed E-state index contributed by atoms with van der Waals surface area (Å²) in [5, 5.41) is 14.5.